The Morgan fingerprint density at radius 3 is 2.58 bits per heavy atom. The number of aliphatic hydroxyl groups excluding tert-OH is 1. The fourth-order valence-corrected chi connectivity index (χ4v) is 5.96. The fraction of sp³-hybridized carbons (Fsp3) is 0.533. The van der Waals surface area contributed by atoms with Gasteiger partial charge in [0.15, 0.2) is 19.1 Å². The van der Waals surface area contributed by atoms with Crippen molar-refractivity contribution >= 4 is 29.1 Å². The first-order valence-electron chi connectivity index (χ1n) is 14.6. The molecule has 3 amide bonds. The maximum atomic E-state index is 13.8. The van der Waals surface area contributed by atoms with Crippen LogP contribution in [0, 0.1) is 12.3 Å². The van der Waals surface area contributed by atoms with Crippen LogP contribution in [0.3, 0.4) is 0 Å². The second kappa shape index (κ2) is 14.2. The maximum absolute atomic E-state index is 13.8. The molecule has 1 aliphatic heterocycles. The third kappa shape index (κ3) is 8.46. The first-order valence-corrected chi connectivity index (χ1v) is 15.5. The molecule has 43 heavy (non-hydrogen) atoms. The van der Waals surface area contributed by atoms with Crippen molar-refractivity contribution in [3.63, 3.8) is 0 Å². The standard InChI is InChI=1S/C30H42N8O4S/c1-20-26(43-19-33-20)22-10-8-21(9-11-22)16-32-28(41)24-15-23(39)17-38(24)29(42)27(30(2,3)4)34-25(40)7-5-6-12-36-13-14-37(18-31)35-36/h8-11,13-14,19,23-24,27,39H,5-7,12,15-18,31H2,1-4H3,(H-,32,34,40,41)/p+1/t23-,24+,27-/m1/s1. The molecule has 0 radical (unpaired) electrons. The van der Waals surface area contributed by atoms with Crippen LogP contribution >= 0.6 is 11.3 Å². The summed E-state index contributed by atoms with van der Waals surface area (Å²) in [5, 5.41) is 20.5. The van der Waals surface area contributed by atoms with Gasteiger partial charge in [-0.3, -0.25) is 20.1 Å². The minimum atomic E-state index is -0.849. The molecular formula is C30H43N8O4S+. The van der Waals surface area contributed by atoms with Gasteiger partial charge in [-0.15, -0.1) is 20.7 Å². The molecule has 0 aliphatic carbocycles. The van der Waals surface area contributed by atoms with Crippen LogP contribution in [0.4, 0.5) is 0 Å². The summed E-state index contributed by atoms with van der Waals surface area (Å²) in [6.45, 7) is 8.88. The van der Waals surface area contributed by atoms with Gasteiger partial charge in [0.05, 0.1) is 27.4 Å². The number of amides is 3. The van der Waals surface area contributed by atoms with Gasteiger partial charge in [-0.05, 0) is 36.3 Å². The van der Waals surface area contributed by atoms with E-state index in [0.717, 1.165) is 28.1 Å². The van der Waals surface area contributed by atoms with Crippen LogP contribution in [-0.2, 0) is 34.1 Å². The third-order valence-corrected chi connectivity index (χ3v) is 8.56. The smallest absolute Gasteiger partial charge is 0.246 e. The number of hydrogen-bond donors (Lipinski definition) is 4. The van der Waals surface area contributed by atoms with Crippen LogP contribution in [0.25, 0.3) is 10.4 Å². The number of unbranched alkanes of at least 4 members (excludes halogenated alkanes) is 1. The number of aryl methyl sites for hydroxylation is 2. The Bertz CT molecular complexity index is 1400. The van der Waals surface area contributed by atoms with E-state index in [2.05, 4.69) is 20.8 Å². The van der Waals surface area contributed by atoms with Gasteiger partial charge in [0.1, 0.15) is 18.6 Å². The molecule has 1 saturated heterocycles. The molecule has 13 heteroatoms. The minimum absolute atomic E-state index is 0.0366. The number of aliphatic hydroxyl groups is 1. The van der Waals surface area contributed by atoms with Gasteiger partial charge in [0, 0.05) is 25.9 Å². The number of carbonyl (C=O) groups is 3. The zero-order valence-electron chi connectivity index (χ0n) is 25.3. The highest BCUT2D eigenvalue weighted by Crippen LogP contribution is 2.28. The SMILES string of the molecule is Cc1ncsc1-c1ccc(CNC(=O)[C@@H]2C[C@@H](O)CN2C(=O)[C@@H](NC(=O)CCCCn2cc[n+](CN)n2)C(C)(C)C)cc1. The van der Waals surface area contributed by atoms with E-state index < -0.39 is 23.6 Å². The number of β-amino-alcohol motifs (C(OH)–C–C–N with tert-alkyl or cyclic N) is 1. The van der Waals surface area contributed by atoms with E-state index in [1.54, 1.807) is 26.9 Å². The van der Waals surface area contributed by atoms with Gasteiger partial charge >= 0.3 is 0 Å². The second-order valence-corrected chi connectivity index (χ2v) is 12.9. The van der Waals surface area contributed by atoms with Crippen molar-refractivity contribution < 1.29 is 24.2 Å². The number of rotatable bonds is 12. The molecule has 0 saturated carbocycles. The zero-order valence-corrected chi connectivity index (χ0v) is 26.1. The van der Waals surface area contributed by atoms with Crippen molar-refractivity contribution in [1.29, 1.82) is 0 Å². The van der Waals surface area contributed by atoms with Crippen LogP contribution in [0.15, 0.2) is 42.2 Å². The highest BCUT2D eigenvalue weighted by atomic mass is 32.1. The monoisotopic (exact) mass is 611 g/mol. The first-order chi connectivity index (χ1) is 20.5. The number of thiazole rings is 1. The van der Waals surface area contributed by atoms with Crippen molar-refractivity contribution in [3.05, 3.63) is 53.4 Å². The minimum Gasteiger partial charge on any atom is -0.391 e. The van der Waals surface area contributed by atoms with Gasteiger partial charge in [-0.1, -0.05) is 45.0 Å². The molecular weight excluding hydrogens is 568 g/mol. The fourth-order valence-electron chi connectivity index (χ4n) is 5.15. The molecule has 5 N–H and O–H groups in total. The van der Waals surface area contributed by atoms with Gasteiger partial charge < -0.3 is 20.6 Å². The molecule has 2 aromatic heterocycles. The Balaban J connectivity index is 1.32. The Morgan fingerprint density at radius 1 is 1.21 bits per heavy atom. The molecule has 12 nitrogen and oxygen atoms in total. The first kappa shape index (κ1) is 32.2. The van der Waals surface area contributed by atoms with Crippen molar-refractivity contribution in [1.82, 2.24) is 30.4 Å². The normalized spacial score (nSPS) is 17.6. The molecule has 3 heterocycles. The van der Waals surface area contributed by atoms with E-state index in [4.69, 9.17) is 5.73 Å². The highest BCUT2D eigenvalue weighted by molar-refractivity contribution is 7.13. The largest absolute Gasteiger partial charge is 0.391 e. The summed E-state index contributed by atoms with van der Waals surface area (Å²) in [5.41, 5.74) is 9.75. The van der Waals surface area contributed by atoms with E-state index in [0.29, 0.717) is 26.2 Å². The van der Waals surface area contributed by atoms with Gasteiger partial charge in [0.2, 0.25) is 17.7 Å². The summed E-state index contributed by atoms with van der Waals surface area (Å²) < 4.78 is 3.40. The highest BCUT2D eigenvalue weighted by Gasteiger charge is 2.44. The molecule has 1 fully saturated rings. The number of benzene rings is 1. The van der Waals surface area contributed by atoms with Gasteiger partial charge in [-0.25, -0.2) is 4.98 Å². The third-order valence-electron chi connectivity index (χ3n) is 7.58. The van der Waals surface area contributed by atoms with Gasteiger partial charge in [0.25, 0.3) is 0 Å². The van der Waals surface area contributed by atoms with Crippen molar-refractivity contribution in [2.45, 2.75) is 91.3 Å². The van der Waals surface area contributed by atoms with Crippen molar-refractivity contribution in [2.24, 2.45) is 11.1 Å². The Kier molecular flexibility index (Phi) is 10.6. The topological polar surface area (TPSA) is 159 Å². The van der Waals surface area contributed by atoms with Crippen LogP contribution in [-0.4, -0.2) is 67.3 Å². The summed E-state index contributed by atoms with van der Waals surface area (Å²) in [6, 6.07) is 6.24. The number of carbonyl (C=O) groups excluding carboxylic acids is 3. The molecule has 0 unspecified atom stereocenters. The van der Waals surface area contributed by atoms with Gasteiger partial charge in [-0.2, -0.15) is 0 Å². The molecule has 0 bridgehead atoms. The molecule has 1 aliphatic rings. The lowest BCUT2D eigenvalue weighted by Gasteiger charge is -2.35. The second-order valence-electron chi connectivity index (χ2n) is 12.1. The predicted molar refractivity (Wildman–Crippen MR) is 162 cm³/mol. The summed E-state index contributed by atoms with van der Waals surface area (Å²) >= 11 is 1.58. The average molecular weight is 612 g/mol. The molecule has 3 aromatic rings. The van der Waals surface area contributed by atoms with Crippen molar-refractivity contribution in [3.8, 4) is 10.4 Å². The molecule has 1 aromatic carbocycles. The Morgan fingerprint density at radius 2 is 1.95 bits per heavy atom. The quantitative estimate of drug-likeness (QED) is 0.178. The van der Waals surface area contributed by atoms with E-state index in [1.165, 1.54) is 4.90 Å². The van der Waals surface area contributed by atoms with Crippen LogP contribution < -0.4 is 21.0 Å². The average Bonchev–Trinajstić information content (AvgIpc) is 3.72. The number of aromatic nitrogens is 4. The number of nitrogens with one attached hydrogen (secondary N) is 2. The summed E-state index contributed by atoms with van der Waals surface area (Å²) in [7, 11) is 0. The predicted octanol–water partition coefficient (Wildman–Crippen LogP) is 1.50. The van der Waals surface area contributed by atoms with Crippen LogP contribution in [0.1, 0.15) is 57.7 Å². The lowest BCUT2D eigenvalue weighted by molar-refractivity contribution is -0.754. The lowest BCUT2D eigenvalue weighted by Crippen LogP contribution is -2.57. The van der Waals surface area contributed by atoms with Crippen LogP contribution in [0.2, 0.25) is 0 Å². The summed E-state index contributed by atoms with van der Waals surface area (Å²) in [5.74, 6) is -0.936. The lowest BCUT2D eigenvalue weighted by atomic mass is 9.85. The molecule has 232 valence electrons. The van der Waals surface area contributed by atoms with Crippen LogP contribution in [0.5, 0.6) is 0 Å². The van der Waals surface area contributed by atoms with E-state index in [1.807, 2.05) is 63.7 Å². The summed E-state index contributed by atoms with van der Waals surface area (Å²) in [4.78, 5) is 46.7. The van der Waals surface area contributed by atoms with E-state index >= 15 is 0 Å². The van der Waals surface area contributed by atoms with E-state index in [-0.39, 0.29) is 37.1 Å². The van der Waals surface area contributed by atoms with E-state index in [9.17, 15) is 19.5 Å². The summed E-state index contributed by atoms with van der Waals surface area (Å²) in [6.07, 6.45) is 4.56. The number of likely N-dealkylation sites (tertiary alicyclic amines) is 1. The zero-order chi connectivity index (χ0) is 31.1. The maximum Gasteiger partial charge on any atom is 0.246 e. The Hall–Kier alpha value is -3.68. The molecule has 3 atom stereocenters. The van der Waals surface area contributed by atoms with Crippen molar-refractivity contribution in [2.75, 3.05) is 6.54 Å². The number of nitrogens with two attached hydrogens (primary N) is 1. The number of hydrogen-bond acceptors (Lipinski definition) is 8. The molecule has 0 spiro atoms. The Labute approximate surface area is 256 Å². The number of nitrogens with zero attached hydrogens (tertiary/aromatic N) is 5. The molecule has 4 rings (SSSR count).